The minimum Gasteiger partial charge on any atom is -0.478 e. The third-order valence-electron chi connectivity index (χ3n) is 3.00. The molecule has 0 aliphatic heterocycles. The maximum Gasteiger partial charge on any atom is 0.339 e. The van der Waals surface area contributed by atoms with Gasteiger partial charge in [-0.05, 0) is 6.92 Å². The molecule has 2 aromatic rings. The average molecular weight is 306 g/mol. The maximum atomic E-state index is 12.3. The van der Waals surface area contributed by atoms with E-state index in [0.717, 1.165) is 10.9 Å². The lowest BCUT2D eigenvalue weighted by atomic mass is 10.2. The number of nitrogens with one attached hydrogen (secondary N) is 1. The molecule has 10 nitrogen and oxygen atoms in total. The van der Waals surface area contributed by atoms with Gasteiger partial charge in [-0.2, -0.15) is 10.2 Å². The van der Waals surface area contributed by atoms with E-state index < -0.39 is 17.8 Å². The first kappa shape index (κ1) is 15.2. The van der Waals surface area contributed by atoms with Gasteiger partial charge >= 0.3 is 5.97 Å². The Labute approximate surface area is 124 Å². The summed E-state index contributed by atoms with van der Waals surface area (Å²) in [6, 6.07) is 0. The van der Waals surface area contributed by atoms with Crippen LogP contribution in [0.25, 0.3) is 0 Å². The average Bonchev–Trinajstić information content (AvgIpc) is 3.01. The fourth-order valence-electron chi connectivity index (χ4n) is 2.02. The fourth-order valence-corrected chi connectivity index (χ4v) is 2.02. The van der Waals surface area contributed by atoms with E-state index in [4.69, 9.17) is 10.8 Å². The number of primary amides is 1. The van der Waals surface area contributed by atoms with Crippen LogP contribution in [0.5, 0.6) is 0 Å². The van der Waals surface area contributed by atoms with Gasteiger partial charge in [-0.3, -0.25) is 19.0 Å². The van der Waals surface area contributed by atoms with Crippen molar-refractivity contribution in [1.29, 1.82) is 0 Å². The van der Waals surface area contributed by atoms with Crippen LogP contribution >= 0.6 is 0 Å². The van der Waals surface area contributed by atoms with Crippen molar-refractivity contribution < 1.29 is 19.5 Å². The molecule has 0 atom stereocenters. The first-order valence-electron chi connectivity index (χ1n) is 6.29. The summed E-state index contributed by atoms with van der Waals surface area (Å²) in [7, 11) is 1.44. The molecule has 22 heavy (non-hydrogen) atoms. The lowest BCUT2D eigenvalue weighted by Crippen LogP contribution is -2.23. The second-order valence-corrected chi connectivity index (χ2v) is 4.38. The number of hydrogen-bond donors (Lipinski definition) is 3. The molecule has 2 amide bonds. The number of amides is 2. The van der Waals surface area contributed by atoms with Crippen LogP contribution in [0.2, 0.25) is 0 Å². The zero-order valence-electron chi connectivity index (χ0n) is 11.9. The van der Waals surface area contributed by atoms with E-state index in [9.17, 15) is 14.4 Å². The standard InChI is InChI=1S/C12H14N6O4/c1-3-18-9(10(13)19)7(5-15-18)16-11(20)8-6(12(21)22)4-14-17(8)2/h4-5H,3H2,1-2H3,(H2,13,19)(H,16,20)(H,21,22). The van der Waals surface area contributed by atoms with Crippen molar-refractivity contribution in [2.45, 2.75) is 13.5 Å². The van der Waals surface area contributed by atoms with Crippen LogP contribution in [0.15, 0.2) is 12.4 Å². The van der Waals surface area contributed by atoms with Crippen molar-refractivity contribution >= 4 is 23.5 Å². The molecule has 0 aliphatic carbocycles. The Balaban J connectivity index is 2.38. The van der Waals surface area contributed by atoms with Crippen LogP contribution in [0.1, 0.15) is 38.3 Å². The van der Waals surface area contributed by atoms with Gasteiger partial charge in [0.15, 0.2) is 0 Å². The van der Waals surface area contributed by atoms with Gasteiger partial charge in [-0.25, -0.2) is 4.79 Å². The number of aryl methyl sites for hydroxylation is 2. The molecule has 4 N–H and O–H groups in total. The van der Waals surface area contributed by atoms with Crippen molar-refractivity contribution in [3.63, 3.8) is 0 Å². The summed E-state index contributed by atoms with van der Waals surface area (Å²) in [4.78, 5) is 34.8. The SMILES string of the molecule is CCn1ncc(NC(=O)c2c(C(=O)O)cnn2C)c1C(N)=O. The summed E-state index contributed by atoms with van der Waals surface area (Å²) in [6.07, 6.45) is 2.35. The molecule has 0 aromatic carbocycles. The Bertz CT molecular complexity index is 760. The number of carboxylic acid groups (broad SMARTS) is 1. The monoisotopic (exact) mass is 306 g/mol. The van der Waals surface area contributed by atoms with E-state index in [1.165, 1.54) is 17.9 Å². The lowest BCUT2D eigenvalue weighted by molar-refractivity contribution is 0.0692. The quantitative estimate of drug-likeness (QED) is 0.690. The van der Waals surface area contributed by atoms with Gasteiger partial charge < -0.3 is 16.2 Å². The number of carboxylic acids is 1. The van der Waals surface area contributed by atoms with Crippen LogP contribution in [0.3, 0.4) is 0 Å². The third kappa shape index (κ3) is 2.53. The predicted molar refractivity (Wildman–Crippen MR) is 74.5 cm³/mol. The van der Waals surface area contributed by atoms with Crippen LogP contribution < -0.4 is 11.1 Å². The van der Waals surface area contributed by atoms with E-state index in [1.54, 1.807) is 6.92 Å². The summed E-state index contributed by atoms with van der Waals surface area (Å²) in [5.74, 6) is -2.76. The summed E-state index contributed by atoms with van der Waals surface area (Å²) < 4.78 is 2.46. The van der Waals surface area contributed by atoms with Crippen molar-refractivity contribution in [1.82, 2.24) is 19.6 Å². The molecule has 0 spiro atoms. The van der Waals surface area contributed by atoms with Crippen LogP contribution in [0, 0.1) is 0 Å². The molecule has 0 saturated heterocycles. The van der Waals surface area contributed by atoms with Gasteiger partial charge in [-0.1, -0.05) is 0 Å². The molecule has 2 heterocycles. The van der Waals surface area contributed by atoms with Gasteiger partial charge in [0, 0.05) is 13.6 Å². The topological polar surface area (TPSA) is 145 Å². The molecule has 0 bridgehead atoms. The molecular formula is C12H14N6O4. The zero-order chi connectivity index (χ0) is 16.4. The molecule has 0 aliphatic rings. The second-order valence-electron chi connectivity index (χ2n) is 4.38. The van der Waals surface area contributed by atoms with Gasteiger partial charge in [0.2, 0.25) is 0 Å². The predicted octanol–water partition coefficient (Wildman–Crippen LogP) is -0.314. The Morgan fingerprint density at radius 1 is 1.27 bits per heavy atom. The van der Waals surface area contributed by atoms with Crippen molar-refractivity contribution in [3.8, 4) is 0 Å². The Kier molecular flexibility index (Phi) is 3.93. The van der Waals surface area contributed by atoms with E-state index in [2.05, 4.69) is 15.5 Å². The molecule has 116 valence electrons. The Morgan fingerprint density at radius 3 is 2.50 bits per heavy atom. The molecule has 0 saturated carbocycles. The van der Waals surface area contributed by atoms with E-state index in [-0.39, 0.29) is 22.6 Å². The Hall–Kier alpha value is -3.17. The number of aromatic nitrogens is 4. The van der Waals surface area contributed by atoms with Crippen LogP contribution in [-0.4, -0.2) is 42.5 Å². The van der Waals surface area contributed by atoms with Crippen molar-refractivity contribution in [2.24, 2.45) is 12.8 Å². The zero-order valence-corrected chi connectivity index (χ0v) is 11.9. The molecule has 10 heteroatoms. The number of carbonyl (C=O) groups excluding carboxylic acids is 2. The highest BCUT2D eigenvalue weighted by Gasteiger charge is 2.24. The minimum absolute atomic E-state index is 0.0369. The minimum atomic E-state index is -1.28. The van der Waals surface area contributed by atoms with Gasteiger partial charge in [-0.15, -0.1) is 0 Å². The molecule has 0 fully saturated rings. The first-order valence-corrected chi connectivity index (χ1v) is 6.29. The summed E-state index contributed by atoms with van der Waals surface area (Å²) in [6.45, 7) is 2.15. The van der Waals surface area contributed by atoms with Crippen LogP contribution in [-0.2, 0) is 13.6 Å². The fraction of sp³-hybridized carbons (Fsp3) is 0.250. The number of aromatic carboxylic acids is 1. The largest absolute Gasteiger partial charge is 0.478 e. The molecule has 2 aromatic heterocycles. The summed E-state index contributed by atoms with van der Waals surface area (Å²) >= 11 is 0. The lowest BCUT2D eigenvalue weighted by Gasteiger charge is -2.07. The number of hydrogen-bond acceptors (Lipinski definition) is 5. The van der Waals surface area contributed by atoms with Crippen molar-refractivity contribution in [3.05, 3.63) is 29.3 Å². The molecule has 0 radical (unpaired) electrons. The molecule has 2 rings (SSSR count). The van der Waals surface area contributed by atoms with E-state index in [1.807, 2.05) is 0 Å². The highest BCUT2D eigenvalue weighted by molar-refractivity contribution is 6.11. The van der Waals surface area contributed by atoms with Gasteiger partial charge in [0.05, 0.1) is 18.1 Å². The van der Waals surface area contributed by atoms with E-state index in [0.29, 0.717) is 6.54 Å². The number of nitrogens with two attached hydrogens (primary N) is 1. The summed E-state index contributed by atoms with van der Waals surface area (Å²) in [5, 5.41) is 19.2. The summed E-state index contributed by atoms with van der Waals surface area (Å²) in [5.41, 5.74) is 5.03. The normalized spacial score (nSPS) is 10.5. The number of nitrogens with zero attached hydrogens (tertiary/aromatic N) is 4. The first-order chi connectivity index (χ1) is 10.4. The van der Waals surface area contributed by atoms with Crippen LogP contribution in [0.4, 0.5) is 5.69 Å². The highest BCUT2D eigenvalue weighted by Crippen LogP contribution is 2.17. The van der Waals surface area contributed by atoms with Crippen molar-refractivity contribution in [2.75, 3.05) is 5.32 Å². The highest BCUT2D eigenvalue weighted by atomic mass is 16.4. The number of anilines is 1. The third-order valence-corrected chi connectivity index (χ3v) is 3.00. The second kappa shape index (κ2) is 5.68. The molecular weight excluding hydrogens is 292 g/mol. The maximum absolute atomic E-state index is 12.3. The van der Waals surface area contributed by atoms with Gasteiger partial charge in [0.25, 0.3) is 11.8 Å². The number of carbonyl (C=O) groups is 3. The number of rotatable bonds is 5. The van der Waals surface area contributed by atoms with Gasteiger partial charge in [0.1, 0.15) is 17.0 Å². The Morgan fingerprint density at radius 2 is 1.95 bits per heavy atom. The molecule has 0 unspecified atom stereocenters. The smallest absolute Gasteiger partial charge is 0.339 e. The van der Waals surface area contributed by atoms with E-state index >= 15 is 0 Å².